The Labute approximate surface area is 198 Å². The molecule has 1 aromatic heterocycles. The molecule has 0 fully saturated rings. The summed E-state index contributed by atoms with van der Waals surface area (Å²) in [5, 5.41) is 12.2. The molecule has 0 aliphatic heterocycles. The molecule has 0 aliphatic rings. The second kappa shape index (κ2) is 10.2. The molecular weight excluding hydrogens is 382 g/mol. The summed E-state index contributed by atoms with van der Waals surface area (Å²) in [5.41, 5.74) is 2.35. The van der Waals surface area contributed by atoms with Crippen LogP contribution in [0.4, 0.5) is 10.8 Å². The summed E-state index contributed by atoms with van der Waals surface area (Å²) in [7, 11) is 0. The van der Waals surface area contributed by atoms with Crippen molar-refractivity contribution in [3.63, 3.8) is 0 Å². The third-order valence-electron chi connectivity index (χ3n) is 3.29. The molecule has 0 saturated heterocycles. The Morgan fingerprint density at radius 1 is 1.31 bits per heavy atom. The monoisotopic (exact) mass is 425 g/mol. The number of nitrogens with two attached hydrogens (primary N) is 1. The van der Waals surface area contributed by atoms with Gasteiger partial charge in [0.2, 0.25) is 5.91 Å². The largest absolute Gasteiger partial charge is 0.388 e. The Hall–Kier alpha value is -2.70. The highest BCUT2D eigenvalue weighted by molar-refractivity contribution is 7.13. The Morgan fingerprint density at radius 3 is 2.69 bits per heavy atom. The zero-order chi connectivity index (χ0) is 34.8. The van der Waals surface area contributed by atoms with Gasteiger partial charge in [0.15, 0.2) is 5.13 Å². The van der Waals surface area contributed by atoms with Crippen LogP contribution in [-0.4, -0.2) is 16.0 Å². The number of thiazole rings is 1. The molecule has 0 unspecified atom stereocenters. The van der Waals surface area contributed by atoms with E-state index < -0.39 is 120 Å². The molecule has 1 atom stereocenters. The van der Waals surface area contributed by atoms with Crippen LogP contribution in [-0.2, 0) is 17.6 Å². The number of carbonyl (C=O) groups is 1. The van der Waals surface area contributed by atoms with Gasteiger partial charge in [0.05, 0.1) is 31.9 Å². The second-order valence-corrected chi connectivity index (χ2v) is 6.39. The number of rotatable bonds is 9. The number of nitrogen functional groups attached to an aromatic ring is 1. The number of benzene rings is 2. The van der Waals surface area contributed by atoms with Crippen molar-refractivity contribution in [3.8, 4) is 0 Å². The number of nitrogens with zero attached hydrogens (tertiary/aromatic N) is 1. The van der Waals surface area contributed by atoms with E-state index in [2.05, 4.69) is 4.98 Å². The zero-order valence-corrected chi connectivity index (χ0v) is 16.0. The maximum Gasteiger partial charge on any atom is 0.230 e. The fraction of sp³-hybridized carbons (Fsp3) is 0.304. The van der Waals surface area contributed by atoms with Gasteiger partial charge in [0.25, 0.3) is 0 Å². The number of nitrogens with one attached hydrogen (secondary N) is 1. The molecule has 152 valence electrons. The molecule has 3 rings (SSSR count). The first-order chi connectivity index (χ1) is 20.3. The van der Waals surface area contributed by atoms with Crippen molar-refractivity contribution in [2.75, 3.05) is 11.1 Å². The topological polar surface area (TPSA) is 88.2 Å². The van der Waals surface area contributed by atoms with Gasteiger partial charge in [-0.3, -0.25) is 4.79 Å². The van der Waals surface area contributed by atoms with E-state index in [0.29, 0.717) is 11.3 Å². The van der Waals surface area contributed by atoms with Gasteiger partial charge in [0, 0.05) is 19.3 Å². The number of carbonyl (C=O) groups excluding carboxylic acids is 1. The van der Waals surface area contributed by atoms with Gasteiger partial charge in [-0.05, 0) is 49.3 Å². The average Bonchev–Trinajstić information content (AvgIpc) is 3.27. The average molecular weight is 426 g/mol. The van der Waals surface area contributed by atoms with Crippen molar-refractivity contribution in [2.24, 2.45) is 0 Å². The molecule has 3 aromatic rings. The standard InChI is InChI=1S/C23H27N3O2S/c1-16-6-10-18(11-7-16)21(27)5-3-2-4-17-8-12-19(13-9-17)25-22(28)14-20-15-29-23(24)26-20/h6-13,15,21,27H,2-5,14H2,1H3,(H2,24,26)(H,25,28)/t21-/m0/s1/i2D2,5D2,6D,7D,8D,9D,10D,11D,12D,13D,14D2,15D,21D. The summed E-state index contributed by atoms with van der Waals surface area (Å²) in [6.45, 7) is 1.26. The second-order valence-electron chi connectivity index (χ2n) is 5.56. The van der Waals surface area contributed by atoms with Gasteiger partial charge in [0.1, 0.15) is 0 Å². The van der Waals surface area contributed by atoms with Gasteiger partial charge in [-0.15, -0.1) is 11.3 Å². The summed E-state index contributed by atoms with van der Waals surface area (Å²) in [6, 6.07) is -6.59. The zero-order valence-electron chi connectivity index (χ0n) is 31.2. The molecule has 5 nitrogen and oxygen atoms in total. The molecule has 0 radical (unpaired) electrons. The quantitative estimate of drug-likeness (QED) is 0.465. The Kier molecular flexibility index (Phi) is 3.01. The summed E-state index contributed by atoms with van der Waals surface area (Å²) >= 11 is 0.599. The van der Waals surface area contributed by atoms with Crippen molar-refractivity contribution < 1.29 is 31.8 Å². The first kappa shape index (κ1) is 8.58. The Morgan fingerprint density at radius 2 is 2.03 bits per heavy atom. The minimum Gasteiger partial charge on any atom is -0.388 e. The number of amides is 1. The third-order valence-corrected chi connectivity index (χ3v) is 3.89. The van der Waals surface area contributed by atoms with Crippen molar-refractivity contribution in [3.05, 3.63) is 76.1 Å². The number of hydrogen-bond acceptors (Lipinski definition) is 5. The maximum atomic E-state index is 12.8. The van der Waals surface area contributed by atoms with Crippen LogP contribution in [0.25, 0.3) is 0 Å². The predicted octanol–water partition coefficient (Wildman–Crippen LogP) is 4.66. The molecule has 2 aromatic carbocycles. The lowest BCUT2D eigenvalue weighted by Gasteiger charge is -2.11. The first-order valence-electron chi connectivity index (χ1n) is 16.2. The minimum absolute atomic E-state index is 0.117. The van der Waals surface area contributed by atoms with E-state index in [4.69, 9.17) is 27.7 Å². The molecule has 29 heavy (non-hydrogen) atoms. The molecule has 6 heteroatoms. The van der Waals surface area contributed by atoms with E-state index >= 15 is 0 Å². The summed E-state index contributed by atoms with van der Waals surface area (Å²) in [4.78, 5) is 16.4. The van der Waals surface area contributed by atoms with Crippen LogP contribution in [0.15, 0.2) is 53.7 Å². The van der Waals surface area contributed by atoms with Gasteiger partial charge < -0.3 is 16.2 Å². The van der Waals surface area contributed by atoms with Crippen molar-refractivity contribution >= 4 is 28.1 Å². The molecule has 4 N–H and O–H groups in total. The Bertz CT molecular complexity index is 1630. The highest BCUT2D eigenvalue weighted by atomic mass is 32.1. The molecular formula is C23H27N3O2S. The predicted molar refractivity (Wildman–Crippen MR) is 119 cm³/mol. The lowest BCUT2D eigenvalue weighted by Crippen LogP contribution is -2.14. The lowest BCUT2D eigenvalue weighted by molar-refractivity contribution is -0.115. The van der Waals surface area contributed by atoms with Gasteiger partial charge in [-0.2, -0.15) is 0 Å². The van der Waals surface area contributed by atoms with Gasteiger partial charge >= 0.3 is 0 Å². The molecule has 0 spiro atoms. The van der Waals surface area contributed by atoms with E-state index in [0.717, 1.165) is 0 Å². The number of aromatic nitrogens is 1. The van der Waals surface area contributed by atoms with Gasteiger partial charge in [-0.1, -0.05) is 48.2 Å². The van der Waals surface area contributed by atoms with Crippen LogP contribution >= 0.6 is 11.3 Å². The highest BCUT2D eigenvalue weighted by Crippen LogP contribution is 2.21. The molecule has 0 saturated carbocycles. The van der Waals surface area contributed by atoms with E-state index in [1.54, 1.807) is 0 Å². The van der Waals surface area contributed by atoms with E-state index in [9.17, 15) is 9.90 Å². The van der Waals surface area contributed by atoms with Crippen LogP contribution in [0.3, 0.4) is 0 Å². The lowest BCUT2D eigenvalue weighted by atomic mass is 10.0. The SMILES string of the molecule is [2H]c1sc(N)nc1C([2H])([2H])C(=O)Nc1c([2H])c([2H])c(CC([2H])([2H])CC([2H])([2H])[C@]([2H])(O)c2c([2H])c([2H])c(C)c([2H])c2[2H])c([2H])c1[2H]. The first-order valence-corrected chi connectivity index (χ1v) is 9.05. The van der Waals surface area contributed by atoms with E-state index in [1.165, 1.54) is 6.92 Å². The van der Waals surface area contributed by atoms with Crippen molar-refractivity contribution in [1.29, 1.82) is 0 Å². The van der Waals surface area contributed by atoms with Crippen LogP contribution < -0.4 is 11.1 Å². The van der Waals surface area contributed by atoms with E-state index in [1.807, 2.05) is 5.32 Å². The number of hydrogen-bond donors (Lipinski definition) is 3. The summed E-state index contributed by atoms with van der Waals surface area (Å²) in [6.07, 6.45) is -14.9. The number of anilines is 2. The smallest absolute Gasteiger partial charge is 0.230 e. The fourth-order valence-corrected chi connectivity index (χ4v) is 2.40. The van der Waals surface area contributed by atoms with Crippen LogP contribution in [0.1, 0.15) is 69.6 Å². The van der Waals surface area contributed by atoms with Crippen molar-refractivity contribution in [2.45, 2.75) is 45.0 Å². The van der Waals surface area contributed by atoms with Crippen LogP contribution in [0.2, 0.25) is 0 Å². The highest BCUT2D eigenvalue weighted by Gasteiger charge is 2.08. The number of aliphatic hydroxyl groups is 1. The van der Waals surface area contributed by atoms with Gasteiger partial charge in [-0.25, -0.2) is 4.98 Å². The normalized spacial score (nSPS) is 22.4. The Balaban J connectivity index is 1.97. The molecule has 1 amide bonds. The third kappa shape index (κ3) is 6.69. The molecule has 1 heterocycles. The van der Waals surface area contributed by atoms with Crippen LogP contribution in [0, 0.1) is 6.92 Å². The molecule has 0 aliphatic carbocycles. The van der Waals surface area contributed by atoms with Crippen molar-refractivity contribution in [1.82, 2.24) is 4.98 Å². The maximum absolute atomic E-state index is 12.8. The van der Waals surface area contributed by atoms with Crippen LogP contribution in [0.5, 0.6) is 0 Å². The summed E-state index contributed by atoms with van der Waals surface area (Å²) < 4.78 is 131. The minimum atomic E-state index is -3.50. The fourth-order valence-electron chi connectivity index (χ4n) is 1.97. The van der Waals surface area contributed by atoms with E-state index in [-0.39, 0.29) is 10.7 Å². The summed E-state index contributed by atoms with van der Waals surface area (Å²) in [5.74, 6) is -1.49. The molecule has 0 bridgehead atoms.